The molecule has 5 heteroatoms. The minimum absolute atomic E-state index is 0.135. The summed E-state index contributed by atoms with van der Waals surface area (Å²) in [5.74, 6) is -0.416. The molecule has 5 nitrogen and oxygen atoms in total. The Bertz CT molecular complexity index is 507. The van der Waals surface area contributed by atoms with E-state index in [4.69, 9.17) is 4.74 Å². The number of aliphatic hydroxyl groups excluding tert-OH is 1. The van der Waals surface area contributed by atoms with E-state index in [0.29, 0.717) is 5.57 Å². The number of rotatable bonds is 6. The molecule has 0 radical (unpaired) electrons. The van der Waals surface area contributed by atoms with Crippen molar-refractivity contribution in [3.63, 3.8) is 0 Å². The average molecular weight is 323 g/mol. The van der Waals surface area contributed by atoms with E-state index in [1.165, 1.54) is 4.90 Å². The highest BCUT2D eigenvalue weighted by Gasteiger charge is 2.40. The standard InChI is InChI=1S/C18H29NO4/c1-7-14(8-2)16(20)12(5)9-13(6)17(21)19-15(11(3)4)10-23-18(19)22/h7,9,11-12,15-16,20H,8,10H2,1-6H3/b13-9+,14-7+/t12-,15+,16-/m0/s1. The normalized spacial score (nSPS) is 22.3. The number of amides is 2. The Balaban J connectivity index is 2.92. The van der Waals surface area contributed by atoms with Crippen molar-refractivity contribution < 1.29 is 19.4 Å². The van der Waals surface area contributed by atoms with Crippen molar-refractivity contribution in [1.82, 2.24) is 4.90 Å². The summed E-state index contributed by atoms with van der Waals surface area (Å²) in [4.78, 5) is 25.7. The van der Waals surface area contributed by atoms with Crippen LogP contribution in [0.4, 0.5) is 4.79 Å². The van der Waals surface area contributed by atoms with Crippen LogP contribution in [0, 0.1) is 11.8 Å². The molecule has 1 aliphatic heterocycles. The molecule has 0 aliphatic carbocycles. The number of hydrogen-bond donors (Lipinski definition) is 1. The predicted molar refractivity (Wildman–Crippen MR) is 89.8 cm³/mol. The molecular weight excluding hydrogens is 294 g/mol. The molecule has 1 saturated heterocycles. The van der Waals surface area contributed by atoms with Crippen LogP contribution in [0.15, 0.2) is 23.3 Å². The van der Waals surface area contributed by atoms with Gasteiger partial charge in [0, 0.05) is 11.5 Å². The second kappa shape index (κ2) is 8.29. The van der Waals surface area contributed by atoms with Crippen LogP contribution in [0.25, 0.3) is 0 Å². The van der Waals surface area contributed by atoms with Crippen molar-refractivity contribution in [3.8, 4) is 0 Å². The van der Waals surface area contributed by atoms with Gasteiger partial charge in [0.15, 0.2) is 0 Å². The lowest BCUT2D eigenvalue weighted by molar-refractivity contribution is -0.125. The van der Waals surface area contributed by atoms with Crippen LogP contribution in [-0.2, 0) is 9.53 Å². The van der Waals surface area contributed by atoms with Gasteiger partial charge < -0.3 is 9.84 Å². The van der Waals surface area contributed by atoms with Crippen LogP contribution >= 0.6 is 0 Å². The Hall–Kier alpha value is -1.62. The summed E-state index contributed by atoms with van der Waals surface area (Å²) in [6, 6.07) is -0.236. The quantitative estimate of drug-likeness (QED) is 0.601. The van der Waals surface area contributed by atoms with Crippen LogP contribution in [0.3, 0.4) is 0 Å². The van der Waals surface area contributed by atoms with Gasteiger partial charge >= 0.3 is 6.09 Å². The monoisotopic (exact) mass is 323 g/mol. The van der Waals surface area contributed by atoms with Crippen LogP contribution in [0.5, 0.6) is 0 Å². The van der Waals surface area contributed by atoms with Crippen LogP contribution < -0.4 is 0 Å². The molecule has 0 bridgehead atoms. The highest BCUT2D eigenvalue weighted by atomic mass is 16.6. The summed E-state index contributed by atoms with van der Waals surface area (Å²) in [6.45, 7) is 11.6. The fourth-order valence-electron chi connectivity index (χ4n) is 2.83. The van der Waals surface area contributed by atoms with Gasteiger partial charge in [-0.1, -0.05) is 39.8 Å². The molecule has 1 fully saturated rings. The third-order valence-electron chi connectivity index (χ3n) is 4.40. The number of nitrogens with zero attached hydrogens (tertiary/aromatic N) is 1. The second-order valence-corrected chi connectivity index (χ2v) is 6.43. The third-order valence-corrected chi connectivity index (χ3v) is 4.40. The van der Waals surface area contributed by atoms with Gasteiger partial charge in [0.25, 0.3) is 5.91 Å². The number of ether oxygens (including phenoxy) is 1. The largest absolute Gasteiger partial charge is 0.447 e. The number of carbonyl (C=O) groups excluding carboxylic acids is 2. The van der Waals surface area contributed by atoms with E-state index in [0.717, 1.165) is 12.0 Å². The molecule has 0 spiro atoms. The van der Waals surface area contributed by atoms with Gasteiger partial charge in [0.2, 0.25) is 0 Å². The molecule has 0 saturated carbocycles. The fourth-order valence-corrected chi connectivity index (χ4v) is 2.83. The van der Waals surface area contributed by atoms with Crippen molar-refractivity contribution in [2.24, 2.45) is 11.8 Å². The Kier molecular flexibility index (Phi) is 7.01. The first-order valence-electron chi connectivity index (χ1n) is 8.26. The van der Waals surface area contributed by atoms with Crippen molar-refractivity contribution in [2.75, 3.05) is 6.61 Å². The maximum Gasteiger partial charge on any atom is 0.417 e. The number of carbonyl (C=O) groups is 2. The lowest BCUT2D eigenvalue weighted by atomic mass is 9.93. The first-order chi connectivity index (χ1) is 10.7. The predicted octanol–water partition coefficient (Wildman–Crippen LogP) is 3.29. The number of allylic oxidation sites excluding steroid dienone is 1. The maximum atomic E-state index is 12.6. The molecule has 130 valence electrons. The van der Waals surface area contributed by atoms with Gasteiger partial charge in [-0.3, -0.25) is 4.79 Å². The van der Waals surface area contributed by atoms with E-state index in [-0.39, 0.29) is 30.4 Å². The molecular formula is C18H29NO4. The summed E-state index contributed by atoms with van der Waals surface area (Å²) >= 11 is 0. The molecule has 0 aromatic heterocycles. The molecule has 1 N–H and O–H groups in total. The lowest BCUT2D eigenvalue weighted by Gasteiger charge is -2.24. The molecule has 0 aromatic carbocycles. The van der Waals surface area contributed by atoms with Gasteiger partial charge in [0.1, 0.15) is 6.61 Å². The van der Waals surface area contributed by atoms with Gasteiger partial charge in [-0.25, -0.2) is 9.69 Å². The summed E-state index contributed by atoms with van der Waals surface area (Å²) in [5, 5.41) is 10.3. The molecule has 1 heterocycles. The molecule has 1 aliphatic rings. The third kappa shape index (κ3) is 4.44. The Labute approximate surface area is 139 Å². The highest BCUT2D eigenvalue weighted by molar-refractivity contribution is 6.03. The van der Waals surface area contributed by atoms with E-state index in [1.54, 1.807) is 13.0 Å². The zero-order chi connectivity index (χ0) is 17.7. The Morgan fingerprint density at radius 3 is 2.52 bits per heavy atom. The number of hydrogen-bond acceptors (Lipinski definition) is 4. The Morgan fingerprint density at radius 1 is 1.43 bits per heavy atom. The van der Waals surface area contributed by atoms with E-state index in [2.05, 4.69) is 0 Å². The zero-order valence-electron chi connectivity index (χ0n) is 15.0. The van der Waals surface area contributed by atoms with Crippen molar-refractivity contribution in [3.05, 3.63) is 23.3 Å². The second-order valence-electron chi connectivity index (χ2n) is 6.43. The summed E-state index contributed by atoms with van der Waals surface area (Å²) in [5.41, 5.74) is 1.39. The number of aliphatic hydroxyl groups is 1. The smallest absolute Gasteiger partial charge is 0.417 e. The van der Waals surface area contributed by atoms with Crippen molar-refractivity contribution in [2.45, 2.75) is 60.1 Å². The topological polar surface area (TPSA) is 66.8 Å². The highest BCUT2D eigenvalue weighted by Crippen LogP contribution is 2.23. The van der Waals surface area contributed by atoms with Gasteiger partial charge in [-0.15, -0.1) is 0 Å². The van der Waals surface area contributed by atoms with Crippen LogP contribution in [0.1, 0.15) is 48.0 Å². The minimum atomic E-state index is -0.626. The lowest BCUT2D eigenvalue weighted by Crippen LogP contribution is -2.42. The summed E-state index contributed by atoms with van der Waals surface area (Å²) in [7, 11) is 0. The maximum absolute atomic E-state index is 12.6. The van der Waals surface area contributed by atoms with Crippen molar-refractivity contribution >= 4 is 12.0 Å². The first kappa shape index (κ1) is 19.4. The Morgan fingerprint density at radius 2 is 2.04 bits per heavy atom. The van der Waals surface area contributed by atoms with Gasteiger partial charge in [0.05, 0.1) is 12.1 Å². The zero-order valence-corrected chi connectivity index (χ0v) is 15.0. The minimum Gasteiger partial charge on any atom is -0.447 e. The fraction of sp³-hybridized carbons (Fsp3) is 0.667. The van der Waals surface area contributed by atoms with Crippen LogP contribution in [0.2, 0.25) is 0 Å². The number of imide groups is 1. The van der Waals surface area contributed by atoms with E-state index in [9.17, 15) is 14.7 Å². The van der Waals surface area contributed by atoms with Crippen LogP contribution in [-0.4, -0.2) is 40.8 Å². The number of cyclic esters (lactones) is 1. The molecule has 2 amide bonds. The SMILES string of the molecule is C/C=C(\CC)[C@@H](O)[C@@H](C)/C=C(\C)C(=O)N1C(=O)OC[C@@H]1C(C)C. The van der Waals surface area contributed by atoms with Crippen molar-refractivity contribution in [1.29, 1.82) is 0 Å². The molecule has 23 heavy (non-hydrogen) atoms. The first-order valence-corrected chi connectivity index (χ1v) is 8.26. The summed E-state index contributed by atoms with van der Waals surface area (Å²) in [6.07, 6.45) is 3.18. The van der Waals surface area contributed by atoms with E-state index < -0.39 is 12.2 Å². The molecule has 0 aromatic rings. The molecule has 1 rings (SSSR count). The van der Waals surface area contributed by atoms with Gasteiger partial charge in [-0.05, 0) is 31.8 Å². The van der Waals surface area contributed by atoms with E-state index >= 15 is 0 Å². The van der Waals surface area contributed by atoms with Gasteiger partial charge in [-0.2, -0.15) is 0 Å². The summed E-state index contributed by atoms with van der Waals surface area (Å²) < 4.78 is 5.02. The molecule has 0 unspecified atom stereocenters. The average Bonchev–Trinajstić information content (AvgIpc) is 2.89. The van der Waals surface area contributed by atoms with E-state index in [1.807, 2.05) is 40.7 Å². The molecule has 3 atom stereocenters.